The van der Waals surface area contributed by atoms with E-state index in [4.69, 9.17) is 4.74 Å². The Morgan fingerprint density at radius 3 is 2.77 bits per heavy atom. The van der Waals surface area contributed by atoms with Crippen molar-refractivity contribution in [2.45, 2.75) is 32.7 Å². The van der Waals surface area contributed by atoms with Crippen molar-refractivity contribution in [1.29, 1.82) is 0 Å². The molecule has 0 radical (unpaired) electrons. The van der Waals surface area contributed by atoms with Crippen LogP contribution in [0.25, 0.3) is 0 Å². The van der Waals surface area contributed by atoms with Crippen LogP contribution in [0.15, 0.2) is 0 Å². The van der Waals surface area contributed by atoms with Crippen LogP contribution in [0.1, 0.15) is 26.7 Å². The molecule has 3 atom stereocenters. The molecule has 0 spiro atoms. The Labute approximate surface area is 134 Å². The second-order valence-corrected chi connectivity index (χ2v) is 7.39. The first-order valence-electron chi connectivity index (χ1n) is 8.93. The van der Waals surface area contributed by atoms with Gasteiger partial charge < -0.3 is 14.5 Å². The van der Waals surface area contributed by atoms with Crippen LogP contribution in [-0.4, -0.2) is 85.7 Å². The van der Waals surface area contributed by atoms with Crippen LogP contribution >= 0.6 is 0 Å². The fourth-order valence-corrected chi connectivity index (χ4v) is 4.35. The summed E-state index contributed by atoms with van der Waals surface area (Å²) in [7, 11) is 0. The Hall–Kier alpha value is -0.650. The number of ether oxygens (including phenoxy) is 1. The number of carbonyl (C=O) groups excluding carboxylic acids is 1. The summed E-state index contributed by atoms with van der Waals surface area (Å²) < 4.78 is 5.51. The molecule has 0 N–H and O–H groups in total. The molecule has 3 fully saturated rings. The Balaban J connectivity index is 1.52. The van der Waals surface area contributed by atoms with Crippen LogP contribution in [0, 0.1) is 11.8 Å². The van der Waals surface area contributed by atoms with Gasteiger partial charge in [0.1, 0.15) is 0 Å². The lowest BCUT2D eigenvalue weighted by atomic mass is 10.0. The van der Waals surface area contributed by atoms with Crippen molar-refractivity contribution in [2.75, 3.05) is 59.0 Å². The minimum Gasteiger partial charge on any atom is -0.381 e. The van der Waals surface area contributed by atoms with E-state index in [9.17, 15) is 4.79 Å². The van der Waals surface area contributed by atoms with Gasteiger partial charge in [0, 0.05) is 65.4 Å². The molecule has 0 aromatic heterocycles. The SMILES string of the molecule is CC(=O)N1CCCN(C2CN(CC3CCOC3)CC2C)CC1. The van der Waals surface area contributed by atoms with E-state index in [2.05, 4.69) is 16.7 Å². The van der Waals surface area contributed by atoms with Crippen molar-refractivity contribution < 1.29 is 9.53 Å². The van der Waals surface area contributed by atoms with Gasteiger partial charge in [-0.1, -0.05) is 6.92 Å². The Bertz CT molecular complexity index is 384. The minimum absolute atomic E-state index is 0.226. The fourth-order valence-electron chi connectivity index (χ4n) is 4.35. The molecule has 5 nitrogen and oxygen atoms in total. The van der Waals surface area contributed by atoms with Crippen LogP contribution in [0.4, 0.5) is 0 Å². The number of rotatable bonds is 3. The highest BCUT2D eigenvalue weighted by Gasteiger charge is 2.35. The van der Waals surface area contributed by atoms with E-state index in [0.717, 1.165) is 57.6 Å². The maximum Gasteiger partial charge on any atom is 0.219 e. The van der Waals surface area contributed by atoms with Gasteiger partial charge in [0.15, 0.2) is 0 Å². The highest BCUT2D eigenvalue weighted by Crippen LogP contribution is 2.25. The quantitative estimate of drug-likeness (QED) is 0.776. The van der Waals surface area contributed by atoms with Crippen molar-refractivity contribution in [3.05, 3.63) is 0 Å². The minimum atomic E-state index is 0.226. The van der Waals surface area contributed by atoms with Gasteiger partial charge in [-0.25, -0.2) is 0 Å². The van der Waals surface area contributed by atoms with Crippen LogP contribution < -0.4 is 0 Å². The zero-order valence-corrected chi connectivity index (χ0v) is 14.2. The molecule has 1 amide bonds. The van der Waals surface area contributed by atoms with Crippen LogP contribution in [0.5, 0.6) is 0 Å². The van der Waals surface area contributed by atoms with Gasteiger partial charge in [-0.15, -0.1) is 0 Å². The van der Waals surface area contributed by atoms with Gasteiger partial charge in [-0.2, -0.15) is 0 Å². The first kappa shape index (κ1) is 16.2. The van der Waals surface area contributed by atoms with Crippen molar-refractivity contribution in [3.63, 3.8) is 0 Å². The molecular formula is C17H31N3O2. The van der Waals surface area contributed by atoms with Gasteiger partial charge in [0.2, 0.25) is 5.91 Å². The van der Waals surface area contributed by atoms with Crippen LogP contribution in [0.2, 0.25) is 0 Å². The molecule has 0 saturated carbocycles. The number of hydrogen-bond donors (Lipinski definition) is 0. The first-order chi connectivity index (χ1) is 10.6. The number of nitrogens with zero attached hydrogens (tertiary/aromatic N) is 3. The normalized spacial score (nSPS) is 35.0. The lowest BCUT2D eigenvalue weighted by Gasteiger charge is -2.30. The van der Waals surface area contributed by atoms with Crippen molar-refractivity contribution >= 4 is 5.91 Å². The Morgan fingerprint density at radius 1 is 1.18 bits per heavy atom. The van der Waals surface area contributed by atoms with E-state index >= 15 is 0 Å². The first-order valence-corrected chi connectivity index (χ1v) is 8.93. The van der Waals surface area contributed by atoms with Gasteiger partial charge >= 0.3 is 0 Å². The molecule has 0 aromatic rings. The van der Waals surface area contributed by atoms with Crippen molar-refractivity contribution in [3.8, 4) is 0 Å². The third-order valence-electron chi connectivity index (χ3n) is 5.63. The molecular weight excluding hydrogens is 278 g/mol. The number of amides is 1. The molecule has 126 valence electrons. The van der Waals surface area contributed by atoms with E-state index < -0.39 is 0 Å². The molecule has 3 heterocycles. The van der Waals surface area contributed by atoms with Gasteiger partial charge in [0.25, 0.3) is 0 Å². The largest absolute Gasteiger partial charge is 0.381 e. The zero-order chi connectivity index (χ0) is 15.5. The Kier molecular flexibility index (Phi) is 5.37. The van der Waals surface area contributed by atoms with Crippen molar-refractivity contribution in [1.82, 2.24) is 14.7 Å². The highest BCUT2D eigenvalue weighted by molar-refractivity contribution is 5.73. The predicted octanol–water partition coefficient (Wildman–Crippen LogP) is 0.897. The molecule has 3 saturated heterocycles. The topological polar surface area (TPSA) is 36.0 Å². The number of hydrogen-bond acceptors (Lipinski definition) is 4. The monoisotopic (exact) mass is 309 g/mol. The zero-order valence-electron chi connectivity index (χ0n) is 14.2. The van der Waals surface area contributed by atoms with E-state index in [0.29, 0.717) is 6.04 Å². The summed E-state index contributed by atoms with van der Waals surface area (Å²) in [6.07, 6.45) is 2.34. The van der Waals surface area contributed by atoms with E-state index in [-0.39, 0.29) is 5.91 Å². The second-order valence-electron chi connectivity index (χ2n) is 7.39. The van der Waals surface area contributed by atoms with Crippen molar-refractivity contribution in [2.24, 2.45) is 11.8 Å². The van der Waals surface area contributed by atoms with Gasteiger partial charge in [-0.3, -0.25) is 9.69 Å². The summed E-state index contributed by atoms with van der Waals surface area (Å²) >= 11 is 0. The lowest BCUT2D eigenvalue weighted by Crippen LogP contribution is -2.43. The van der Waals surface area contributed by atoms with E-state index in [1.165, 1.54) is 26.1 Å². The molecule has 0 bridgehead atoms. The molecule has 3 aliphatic heterocycles. The second kappa shape index (κ2) is 7.28. The summed E-state index contributed by atoms with van der Waals surface area (Å²) in [6, 6.07) is 0.661. The average molecular weight is 309 g/mol. The lowest BCUT2D eigenvalue weighted by molar-refractivity contribution is -0.128. The molecule has 22 heavy (non-hydrogen) atoms. The third kappa shape index (κ3) is 3.81. The summed E-state index contributed by atoms with van der Waals surface area (Å²) in [6.45, 7) is 13.6. The van der Waals surface area contributed by atoms with Gasteiger partial charge in [-0.05, 0) is 24.7 Å². The molecule has 3 rings (SSSR count). The van der Waals surface area contributed by atoms with Crippen LogP contribution in [-0.2, 0) is 9.53 Å². The molecule has 3 unspecified atom stereocenters. The Morgan fingerprint density at radius 2 is 2.05 bits per heavy atom. The number of carbonyl (C=O) groups is 1. The van der Waals surface area contributed by atoms with Gasteiger partial charge in [0.05, 0.1) is 6.61 Å². The number of likely N-dealkylation sites (tertiary alicyclic amines) is 1. The van der Waals surface area contributed by atoms with Crippen LogP contribution in [0.3, 0.4) is 0 Å². The summed E-state index contributed by atoms with van der Waals surface area (Å²) in [5.74, 6) is 1.69. The molecule has 0 aromatic carbocycles. The highest BCUT2D eigenvalue weighted by atomic mass is 16.5. The smallest absolute Gasteiger partial charge is 0.219 e. The standard InChI is InChI=1S/C17H31N3O2/c1-14-10-18(11-16-4-9-22-13-16)12-17(14)20-6-3-5-19(7-8-20)15(2)21/h14,16-17H,3-13H2,1-2H3. The fraction of sp³-hybridized carbons (Fsp3) is 0.941. The summed E-state index contributed by atoms with van der Waals surface area (Å²) in [5.41, 5.74) is 0. The maximum atomic E-state index is 11.6. The molecule has 3 aliphatic rings. The average Bonchev–Trinajstić information content (AvgIpc) is 3.03. The third-order valence-corrected chi connectivity index (χ3v) is 5.63. The summed E-state index contributed by atoms with van der Waals surface area (Å²) in [4.78, 5) is 18.9. The molecule has 0 aliphatic carbocycles. The summed E-state index contributed by atoms with van der Waals surface area (Å²) in [5, 5.41) is 0. The van der Waals surface area contributed by atoms with E-state index in [1.807, 2.05) is 4.90 Å². The molecule has 5 heteroatoms. The van der Waals surface area contributed by atoms with E-state index in [1.54, 1.807) is 6.92 Å². The maximum absolute atomic E-state index is 11.6. The predicted molar refractivity (Wildman–Crippen MR) is 86.8 cm³/mol.